The first-order chi connectivity index (χ1) is 10.8. The molecule has 2 N–H and O–H groups in total. The van der Waals surface area contributed by atoms with Crippen LogP contribution in [0.25, 0.3) is 0 Å². The molecule has 2 rings (SSSR count). The van der Waals surface area contributed by atoms with Gasteiger partial charge in [0, 0.05) is 29.7 Å². The topological polar surface area (TPSA) is 69.6 Å². The van der Waals surface area contributed by atoms with Crippen molar-refractivity contribution in [2.45, 2.75) is 38.3 Å². The number of halogens is 2. The van der Waals surface area contributed by atoms with E-state index in [9.17, 15) is 9.59 Å². The molecule has 0 atom stereocenters. The number of hydrogen-bond acceptors (Lipinski definition) is 2. The van der Waals surface area contributed by atoms with Crippen molar-refractivity contribution in [1.82, 2.24) is 10.2 Å². The molecule has 0 aliphatic heterocycles. The Morgan fingerprint density at radius 2 is 1.74 bits per heavy atom. The van der Waals surface area contributed by atoms with Crippen LogP contribution < -0.4 is 5.32 Å². The van der Waals surface area contributed by atoms with Crippen molar-refractivity contribution in [3.63, 3.8) is 0 Å². The van der Waals surface area contributed by atoms with Crippen LogP contribution in [-0.2, 0) is 11.3 Å². The van der Waals surface area contributed by atoms with E-state index in [4.69, 9.17) is 28.3 Å². The number of carboxylic acid groups (broad SMARTS) is 1. The van der Waals surface area contributed by atoms with Crippen LogP contribution in [0.15, 0.2) is 18.2 Å². The fourth-order valence-corrected chi connectivity index (χ4v) is 3.39. The molecule has 1 saturated carbocycles. The number of rotatable bonds is 4. The predicted molar refractivity (Wildman–Crippen MR) is 89.8 cm³/mol. The number of nitrogens with zero attached hydrogens (tertiary/aromatic N) is 1. The highest BCUT2D eigenvalue weighted by atomic mass is 35.5. The van der Waals surface area contributed by atoms with Gasteiger partial charge in [-0.3, -0.25) is 4.79 Å². The zero-order valence-corrected chi connectivity index (χ0v) is 14.4. The molecule has 2 amide bonds. The van der Waals surface area contributed by atoms with Gasteiger partial charge in [0.25, 0.3) is 0 Å². The molecule has 1 fully saturated rings. The molecule has 0 radical (unpaired) electrons. The second-order valence-electron chi connectivity index (χ2n) is 5.97. The van der Waals surface area contributed by atoms with Crippen LogP contribution in [0.2, 0.25) is 10.0 Å². The van der Waals surface area contributed by atoms with Gasteiger partial charge in [-0.2, -0.15) is 0 Å². The average Bonchev–Trinajstić information content (AvgIpc) is 2.46. The SMILES string of the molecule is CN(Cc1cc(Cl)cc(Cl)c1)C(=O)NC1CCC(C(=O)O)CC1. The minimum atomic E-state index is -0.746. The normalized spacial score (nSPS) is 20.8. The molecule has 1 aromatic carbocycles. The Balaban J connectivity index is 1.84. The van der Waals surface area contributed by atoms with Gasteiger partial charge in [0.2, 0.25) is 0 Å². The molecule has 0 unspecified atom stereocenters. The van der Waals surface area contributed by atoms with Gasteiger partial charge >= 0.3 is 12.0 Å². The lowest BCUT2D eigenvalue weighted by Gasteiger charge is -2.29. The van der Waals surface area contributed by atoms with Crippen molar-refractivity contribution < 1.29 is 14.7 Å². The molecule has 5 nitrogen and oxygen atoms in total. The van der Waals surface area contributed by atoms with Crippen LogP contribution in [0.5, 0.6) is 0 Å². The summed E-state index contributed by atoms with van der Waals surface area (Å²) in [6, 6.07) is 5.04. The number of aliphatic carboxylic acids is 1. The molecule has 1 aromatic rings. The third-order valence-electron chi connectivity index (χ3n) is 4.09. The van der Waals surface area contributed by atoms with Crippen molar-refractivity contribution in [1.29, 1.82) is 0 Å². The molecule has 0 spiro atoms. The zero-order valence-electron chi connectivity index (χ0n) is 12.9. The van der Waals surface area contributed by atoms with Crippen molar-refractivity contribution in [2.75, 3.05) is 7.05 Å². The number of hydrogen-bond donors (Lipinski definition) is 2. The highest BCUT2D eigenvalue weighted by Gasteiger charge is 2.27. The minimum absolute atomic E-state index is 0.0310. The molecule has 23 heavy (non-hydrogen) atoms. The van der Waals surface area contributed by atoms with Crippen LogP contribution in [-0.4, -0.2) is 35.1 Å². The first-order valence-electron chi connectivity index (χ1n) is 7.54. The molecule has 7 heteroatoms. The van der Waals surface area contributed by atoms with Gasteiger partial charge in [0.1, 0.15) is 0 Å². The van der Waals surface area contributed by atoms with E-state index in [1.807, 2.05) is 0 Å². The Morgan fingerprint density at radius 1 is 1.17 bits per heavy atom. The van der Waals surface area contributed by atoms with E-state index in [1.54, 1.807) is 30.1 Å². The summed E-state index contributed by atoms with van der Waals surface area (Å²) in [5.74, 6) is -1.03. The monoisotopic (exact) mass is 358 g/mol. The van der Waals surface area contributed by atoms with Crippen molar-refractivity contribution >= 4 is 35.2 Å². The average molecular weight is 359 g/mol. The lowest BCUT2D eigenvalue weighted by molar-refractivity contribution is -0.142. The summed E-state index contributed by atoms with van der Waals surface area (Å²) in [5.41, 5.74) is 0.856. The maximum atomic E-state index is 12.2. The fourth-order valence-electron chi connectivity index (χ4n) is 2.82. The summed E-state index contributed by atoms with van der Waals surface area (Å²) in [7, 11) is 1.70. The standard InChI is InChI=1S/C16H20Cl2N2O3/c1-20(9-10-6-12(17)8-13(18)7-10)16(23)19-14-4-2-11(3-5-14)15(21)22/h6-8,11,14H,2-5,9H2,1H3,(H,19,23)(H,21,22). The Morgan fingerprint density at radius 3 is 2.26 bits per heavy atom. The maximum absolute atomic E-state index is 12.2. The second kappa shape index (κ2) is 7.88. The summed E-state index contributed by atoms with van der Waals surface area (Å²) in [6.45, 7) is 0.399. The van der Waals surface area contributed by atoms with Crippen LogP contribution in [0.4, 0.5) is 4.79 Å². The summed E-state index contributed by atoms with van der Waals surface area (Å²) in [4.78, 5) is 24.7. The van der Waals surface area contributed by atoms with E-state index in [2.05, 4.69) is 5.32 Å². The highest BCUT2D eigenvalue weighted by molar-refractivity contribution is 6.34. The quantitative estimate of drug-likeness (QED) is 0.860. The Hall–Kier alpha value is -1.46. The van der Waals surface area contributed by atoms with Crippen molar-refractivity contribution in [2.24, 2.45) is 5.92 Å². The number of carboxylic acids is 1. The number of nitrogens with one attached hydrogen (secondary N) is 1. The zero-order chi connectivity index (χ0) is 17.0. The lowest BCUT2D eigenvalue weighted by Crippen LogP contribution is -2.44. The molecule has 0 bridgehead atoms. The Bertz CT molecular complexity index is 566. The molecule has 1 aliphatic carbocycles. The van der Waals surface area contributed by atoms with Crippen LogP contribution >= 0.6 is 23.2 Å². The van der Waals surface area contributed by atoms with E-state index >= 15 is 0 Å². The predicted octanol–water partition coefficient (Wildman–Crippen LogP) is 3.78. The van der Waals surface area contributed by atoms with E-state index in [0.29, 0.717) is 42.3 Å². The first kappa shape index (κ1) is 17.9. The molecule has 126 valence electrons. The van der Waals surface area contributed by atoms with Gasteiger partial charge in [0.15, 0.2) is 0 Å². The molecule has 0 saturated heterocycles. The van der Waals surface area contributed by atoms with Gasteiger partial charge in [0.05, 0.1) is 5.92 Å². The third kappa shape index (κ3) is 5.29. The minimum Gasteiger partial charge on any atom is -0.481 e. The van der Waals surface area contributed by atoms with Crippen LogP contribution in [0, 0.1) is 5.92 Å². The highest BCUT2D eigenvalue weighted by Crippen LogP contribution is 2.24. The van der Waals surface area contributed by atoms with Crippen molar-refractivity contribution in [3.8, 4) is 0 Å². The molecule has 0 aromatic heterocycles. The number of carbonyl (C=O) groups is 2. The first-order valence-corrected chi connectivity index (χ1v) is 8.30. The largest absolute Gasteiger partial charge is 0.481 e. The third-order valence-corrected chi connectivity index (χ3v) is 4.53. The maximum Gasteiger partial charge on any atom is 0.317 e. The van der Waals surface area contributed by atoms with Crippen LogP contribution in [0.1, 0.15) is 31.2 Å². The fraction of sp³-hybridized carbons (Fsp3) is 0.500. The van der Waals surface area contributed by atoms with Gasteiger partial charge < -0.3 is 15.3 Å². The molecular formula is C16H20Cl2N2O3. The number of urea groups is 1. The molecular weight excluding hydrogens is 339 g/mol. The summed E-state index contributed by atoms with van der Waals surface area (Å²) < 4.78 is 0. The van der Waals surface area contributed by atoms with E-state index < -0.39 is 5.97 Å². The van der Waals surface area contributed by atoms with E-state index in [-0.39, 0.29) is 18.0 Å². The second-order valence-corrected chi connectivity index (χ2v) is 6.84. The van der Waals surface area contributed by atoms with E-state index in [1.165, 1.54) is 0 Å². The van der Waals surface area contributed by atoms with Gasteiger partial charge in [-0.1, -0.05) is 23.2 Å². The molecule has 1 aliphatic rings. The smallest absolute Gasteiger partial charge is 0.317 e. The Kier molecular flexibility index (Phi) is 6.13. The summed E-state index contributed by atoms with van der Waals surface area (Å²) in [6.07, 6.45) is 2.60. The van der Waals surface area contributed by atoms with Gasteiger partial charge in [-0.15, -0.1) is 0 Å². The molecule has 0 heterocycles. The summed E-state index contributed by atoms with van der Waals surface area (Å²) in [5, 5.41) is 13.0. The van der Waals surface area contributed by atoms with Gasteiger partial charge in [-0.25, -0.2) is 4.79 Å². The number of amides is 2. The van der Waals surface area contributed by atoms with Crippen LogP contribution in [0.3, 0.4) is 0 Å². The van der Waals surface area contributed by atoms with Gasteiger partial charge in [-0.05, 0) is 49.4 Å². The number of benzene rings is 1. The Labute approximate surface area is 145 Å². The number of carbonyl (C=O) groups excluding carboxylic acids is 1. The summed E-state index contributed by atoms with van der Waals surface area (Å²) >= 11 is 11.9. The van der Waals surface area contributed by atoms with E-state index in [0.717, 1.165) is 5.56 Å². The van der Waals surface area contributed by atoms with Crippen molar-refractivity contribution in [3.05, 3.63) is 33.8 Å². The lowest BCUT2D eigenvalue weighted by atomic mass is 9.86.